The van der Waals surface area contributed by atoms with Crippen molar-refractivity contribution in [1.29, 1.82) is 0 Å². The zero-order valence-corrected chi connectivity index (χ0v) is 30.0. The molecule has 0 heterocycles. The molecule has 0 radical (unpaired) electrons. The average molecular weight is 645 g/mol. The number of rotatable bonds is 19. The average Bonchev–Trinajstić information content (AvgIpc) is 3.09. The topological polar surface area (TPSA) is 52.6 Å². The van der Waals surface area contributed by atoms with Crippen LogP contribution >= 0.6 is 0 Å². The second-order valence-corrected chi connectivity index (χ2v) is 15.1. The summed E-state index contributed by atoms with van der Waals surface area (Å²) in [6.07, 6.45) is 26.2. The predicted molar refractivity (Wildman–Crippen MR) is 194 cm³/mol. The fourth-order valence-electron chi connectivity index (χ4n) is 8.13. The highest BCUT2D eigenvalue weighted by Crippen LogP contribution is 2.35. The van der Waals surface area contributed by atoms with Gasteiger partial charge in [-0.05, 0) is 91.7 Å². The van der Waals surface area contributed by atoms with E-state index in [0.717, 1.165) is 36.5 Å². The summed E-state index contributed by atoms with van der Waals surface area (Å²) >= 11 is 0. The van der Waals surface area contributed by atoms with Crippen LogP contribution in [0.25, 0.3) is 0 Å². The third-order valence-corrected chi connectivity index (χ3v) is 11.1. The molecule has 2 aromatic rings. The van der Waals surface area contributed by atoms with Gasteiger partial charge in [-0.25, -0.2) is 9.59 Å². The second-order valence-electron chi connectivity index (χ2n) is 15.1. The predicted octanol–water partition coefficient (Wildman–Crippen LogP) is 11.7. The number of unbranched alkanes of at least 4 members (excludes halogenated alkanes) is 2. The lowest BCUT2D eigenvalue weighted by molar-refractivity contribution is 0.00448. The van der Waals surface area contributed by atoms with Crippen LogP contribution in [0.1, 0.15) is 168 Å². The lowest BCUT2D eigenvalue weighted by Gasteiger charge is -2.28. The van der Waals surface area contributed by atoms with Crippen LogP contribution in [0.4, 0.5) is 0 Å². The van der Waals surface area contributed by atoms with E-state index < -0.39 is 6.10 Å². The van der Waals surface area contributed by atoms with Crippen molar-refractivity contribution in [1.82, 2.24) is 0 Å². The van der Waals surface area contributed by atoms with Crippen molar-refractivity contribution in [3.8, 4) is 0 Å². The number of ether oxygens (including phenoxy) is 2. The lowest BCUT2D eigenvalue weighted by atomic mass is 9.78. The number of esters is 2. The zero-order valence-electron chi connectivity index (χ0n) is 30.0. The van der Waals surface area contributed by atoms with Crippen LogP contribution in [0.15, 0.2) is 48.5 Å². The summed E-state index contributed by atoms with van der Waals surface area (Å²) in [6.45, 7) is 6.41. The van der Waals surface area contributed by atoms with Crippen molar-refractivity contribution < 1.29 is 19.1 Å². The first-order chi connectivity index (χ1) is 22.9. The summed E-state index contributed by atoms with van der Waals surface area (Å²) < 4.78 is 11.0. The summed E-state index contributed by atoms with van der Waals surface area (Å²) in [5.74, 6) is 3.06. The van der Waals surface area contributed by atoms with E-state index in [1.165, 1.54) is 127 Å². The minimum absolute atomic E-state index is 0.0328. The van der Waals surface area contributed by atoms with Gasteiger partial charge in [0.25, 0.3) is 0 Å². The molecule has 2 saturated carbocycles. The van der Waals surface area contributed by atoms with Gasteiger partial charge in [0.15, 0.2) is 0 Å². The SMILES string of the molecule is CCC[C@H]1CC[C@H](CCCCc2ccc(C(=O)OC[C@@H](C)OC(=O)c3ccc(CCCC[C@H]4CC[C@H](CCC)CC4)cc3)cc2)CC1. The number of hydrogen-bond donors (Lipinski definition) is 0. The molecule has 2 aliphatic carbocycles. The normalized spacial score (nSPS) is 22.0. The molecular weight excluding hydrogens is 580 g/mol. The number of hydrogen-bond acceptors (Lipinski definition) is 4. The standard InChI is InChI=1S/C43H64O4/c1-4-10-34-16-20-36(21-17-34)12-6-8-14-38-24-28-40(29-25-38)42(44)46-32-33(3)47-43(45)41-30-26-39(27-31-41)15-9-7-13-37-22-18-35(11-5-2)19-23-37/h24-31,33-37H,4-23,32H2,1-3H3/t33-,34-,35-,36-,37-/m1/s1. The zero-order chi connectivity index (χ0) is 33.3. The van der Waals surface area contributed by atoms with Crippen molar-refractivity contribution in [2.24, 2.45) is 23.7 Å². The molecule has 2 fully saturated rings. The van der Waals surface area contributed by atoms with E-state index in [4.69, 9.17) is 9.47 Å². The highest BCUT2D eigenvalue weighted by Gasteiger charge is 2.21. The molecule has 0 spiro atoms. The van der Waals surface area contributed by atoms with E-state index in [2.05, 4.69) is 13.8 Å². The molecule has 2 aliphatic rings. The van der Waals surface area contributed by atoms with Gasteiger partial charge in [0, 0.05) is 0 Å². The summed E-state index contributed by atoms with van der Waals surface area (Å²) in [5.41, 5.74) is 3.60. The quantitative estimate of drug-likeness (QED) is 0.113. The van der Waals surface area contributed by atoms with Crippen LogP contribution in [-0.2, 0) is 22.3 Å². The molecule has 4 nitrogen and oxygen atoms in total. The molecule has 0 amide bonds. The number of carbonyl (C=O) groups excluding carboxylic acids is 2. The maximum atomic E-state index is 12.7. The summed E-state index contributed by atoms with van der Waals surface area (Å²) in [7, 11) is 0. The van der Waals surface area contributed by atoms with Crippen LogP contribution in [-0.4, -0.2) is 24.6 Å². The van der Waals surface area contributed by atoms with E-state index >= 15 is 0 Å². The molecule has 47 heavy (non-hydrogen) atoms. The Bertz CT molecular complexity index is 1150. The molecule has 1 atom stereocenters. The number of benzene rings is 2. The van der Waals surface area contributed by atoms with Crippen molar-refractivity contribution >= 4 is 11.9 Å². The molecule has 0 unspecified atom stereocenters. The molecule has 260 valence electrons. The fourth-order valence-corrected chi connectivity index (χ4v) is 8.13. The Morgan fingerprint density at radius 3 is 1.36 bits per heavy atom. The van der Waals surface area contributed by atoms with Gasteiger partial charge in [0.05, 0.1) is 11.1 Å². The minimum Gasteiger partial charge on any atom is -0.458 e. The molecule has 0 saturated heterocycles. The molecular formula is C43H64O4. The summed E-state index contributed by atoms with van der Waals surface area (Å²) in [4.78, 5) is 25.3. The Morgan fingerprint density at radius 2 is 0.957 bits per heavy atom. The van der Waals surface area contributed by atoms with Gasteiger partial charge in [0.2, 0.25) is 0 Å². The molecule has 0 aliphatic heterocycles. The van der Waals surface area contributed by atoms with Crippen LogP contribution in [0.3, 0.4) is 0 Å². The minimum atomic E-state index is -0.524. The van der Waals surface area contributed by atoms with Crippen molar-refractivity contribution in [2.75, 3.05) is 6.61 Å². The Kier molecular flexibility index (Phi) is 16.4. The molecule has 0 aromatic heterocycles. The maximum absolute atomic E-state index is 12.7. The molecule has 4 rings (SSSR count). The van der Waals surface area contributed by atoms with Gasteiger partial charge in [0.1, 0.15) is 12.7 Å². The van der Waals surface area contributed by atoms with Crippen LogP contribution in [0, 0.1) is 23.7 Å². The summed E-state index contributed by atoms with van der Waals surface area (Å²) in [6, 6.07) is 15.6. The van der Waals surface area contributed by atoms with Gasteiger partial charge in [-0.2, -0.15) is 0 Å². The molecule has 2 aromatic carbocycles. The van der Waals surface area contributed by atoms with Gasteiger partial charge >= 0.3 is 11.9 Å². The summed E-state index contributed by atoms with van der Waals surface area (Å²) in [5, 5.41) is 0. The van der Waals surface area contributed by atoms with Gasteiger partial charge < -0.3 is 9.47 Å². The highest BCUT2D eigenvalue weighted by molar-refractivity contribution is 5.90. The van der Waals surface area contributed by atoms with Crippen molar-refractivity contribution in [3.63, 3.8) is 0 Å². The van der Waals surface area contributed by atoms with Crippen LogP contribution in [0.2, 0.25) is 0 Å². The van der Waals surface area contributed by atoms with E-state index in [1.54, 1.807) is 6.92 Å². The van der Waals surface area contributed by atoms with E-state index in [9.17, 15) is 9.59 Å². The highest BCUT2D eigenvalue weighted by atomic mass is 16.6. The van der Waals surface area contributed by atoms with Crippen LogP contribution in [0.5, 0.6) is 0 Å². The first kappa shape index (κ1) is 37.2. The largest absolute Gasteiger partial charge is 0.458 e. The second kappa shape index (κ2) is 20.7. The molecule has 4 heteroatoms. The number of carbonyl (C=O) groups is 2. The Morgan fingerprint density at radius 1 is 0.574 bits per heavy atom. The van der Waals surface area contributed by atoms with Crippen molar-refractivity contribution in [3.05, 3.63) is 70.8 Å². The Hall–Kier alpha value is -2.62. The molecule has 0 N–H and O–H groups in total. The van der Waals surface area contributed by atoms with E-state index in [1.807, 2.05) is 48.5 Å². The van der Waals surface area contributed by atoms with Crippen LogP contribution < -0.4 is 0 Å². The molecule has 0 bridgehead atoms. The van der Waals surface area contributed by atoms with Gasteiger partial charge in [-0.3, -0.25) is 0 Å². The van der Waals surface area contributed by atoms with Gasteiger partial charge in [-0.1, -0.05) is 141 Å². The third-order valence-electron chi connectivity index (χ3n) is 11.1. The van der Waals surface area contributed by atoms with Gasteiger partial charge in [-0.15, -0.1) is 0 Å². The monoisotopic (exact) mass is 644 g/mol. The first-order valence-electron chi connectivity index (χ1n) is 19.5. The number of aryl methyl sites for hydroxylation is 2. The smallest absolute Gasteiger partial charge is 0.338 e. The first-order valence-corrected chi connectivity index (χ1v) is 19.5. The maximum Gasteiger partial charge on any atom is 0.338 e. The van der Waals surface area contributed by atoms with E-state index in [-0.39, 0.29) is 18.5 Å². The Balaban J connectivity index is 1.06. The van der Waals surface area contributed by atoms with E-state index in [0.29, 0.717) is 11.1 Å². The third kappa shape index (κ3) is 13.4. The van der Waals surface area contributed by atoms with Crippen molar-refractivity contribution in [2.45, 2.75) is 155 Å². The Labute approximate surface area is 286 Å². The lowest BCUT2D eigenvalue weighted by Crippen LogP contribution is -2.22. The fraction of sp³-hybridized carbons (Fsp3) is 0.674.